The van der Waals surface area contributed by atoms with E-state index < -0.39 is 5.60 Å². The summed E-state index contributed by atoms with van der Waals surface area (Å²) in [5, 5.41) is 12.5. The molecule has 3 heteroatoms. The summed E-state index contributed by atoms with van der Waals surface area (Å²) in [5.41, 5.74) is -1.39. The molecule has 0 aliphatic carbocycles. The SMILES string of the molecule is CC1(C)CC(C(C)(O)c2cc3ccccc3s2)C(C)(C)O1. The predicted octanol–water partition coefficient (Wildman–Crippen LogP) is 4.70. The zero-order chi connectivity index (χ0) is 15.5. The van der Waals surface area contributed by atoms with E-state index in [1.807, 2.05) is 19.1 Å². The molecule has 0 bridgehead atoms. The van der Waals surface area contributed by atoms with Crippen LogP contribution >= 0.6 is 11.3 Å². The molecule has 2 aromatic rings. The van der Waals surface area contributed by atoms with Gasteiger partial charge in [-0.3, -0.25) is 0 Å². The zero-order valence-electron chi connectivity index (χ0n) is 13.4. The fraction of sp³-hybridized carbons (Fsp3) is 0.556. The molecule has 1 aromatic heterocycles. The van der Waals surface area contributed by atoms with Gasteiger partial charge in [0.25, 0.3) is 0 Å². The van der Waals surface area contributed by atoms with Gasteiger partial charge in [-0.05, 0) is 58.6 Å². The van der Waals surface area contributed by atoms with Gasteiger partial charge < -0.3 is 9.84 Å². The summed E-state index contributed by atoms with van der Waals surface area (Å²) < 4.78 is 7.40. The third kappa shape index (κ3) is 2.52. The topological polar surface area (TPSA) is 29.5 Å². The molecule has 2 heterocycles. The van der Waals surface area contributed by atoms with Gasteiger partial charge in [-0.25, -0.2) is 0 Å². The molecular weight excluding hydrogens is 280 g/mol. The molecule has 0 spiro atoms. The van der Waals surface area contributed by atoms with Crippen LogP contribution in [-0.2, 0) is 10.3 Å². The van der Waals surface area contributed by atoms with Gasteiger partial charge in [0.2, 0.25) is 0 Å². The summed E-state index contributed by atoms with van der Waals surface area (Å²) in [6, 6.07) is 10.4. The van der Waals surface area contributed by atoms with Crippen LogP contribution in [0.3, 0.4) is 0 Å². The molecule has 1 aliphatic heterocycles. The second-order valence-electron chi connectivity index (χ2n) is 7.52. The number of aliphatic hydroxyl groups is 1. The number of thiophene rings is 1. The van der Waals surface area contributed by atoms with E-state index in [1.165, 1.54) is 10.1 Å². The molecule has 2 atom stereocenters. The van der Waals surface area contributed by atoms with Gasteiger partial charge in [0.15, 0.2) is 0 Å². The number of rotatable bonds is 2. The van der Waals surface area contributed by atoms with E-state index in [1.54, 1.807) is 11.3 Å². The number of benzene rings is 1. The standard InChI is InChI=1S/C18H24O2S/c1-16(2)11-14(17(3,4)20-16)18(5,19)15-10-12-8-6-7-9-13(12)21-15/h6-10,14,19H,11H2,1-5H3. The summed E-state index contributed by atoms with van der Waals surface area (Å²) in [4.78, 5) is 1.03. The van der Waals surface area contributed by atoms with E-state index in [0.717, 1.165) is 11.3 Å². The normalized spacial score (nSPS) is 26.9. The lowest BCUT2D eigenvalue weighted by Crippen LogP contribution is -2.42. The van der Waals surface area contributed by atoms with E-state index >= 15 is 0 Å². The first-order chi connectivity index (χ1) is 9.62. The second-order valence-corrected chi connectivity index (χ2v) is 8.60. The molecule has 2 unspecified atom stereocenters. The highest BCUT2D eigenvalue weighted by Gasteiger charge is 2.54. The Kier molecular flexibility index (Phi) is 3.25. The molecule has 114 valence electrons. The summed E-state index contributed by atoms with van der Waals surface area (Å²) in [5.74, 6) is 0.0769. The van der Waals surface area contributed by atoms with Crippen LogP contribution in [0.2, 0.25) is 0 Å². The van der Waals surface area contributed by atoms with Crippen molar-refractivity contribution in [3.63, 3.8) is 0 Å². The minimum absolute atomic E-state index is 0.0769. The Morgan fingerprint density at radius 3 is 2.48 bits per heavy atom. The van der Waals surface area contributed by atoms with Crippen molar-refractivity contribution < 1.29 is 9.84 Å². The van der Waals surface area contributed by atoms with Crippen LogP contribution in [0.4, 0.5) is 0 Å². The van der Waals surface area contributed by atoms with Crippen molar-refractivity contribution in [1.29, 1.82) is 0 Å². The molecule has 1 saturated heterocycles. The molecule has 0 amide bonds. The first-order valence-corrected chi connectivity index (χ1v) is 8.35. The van der Waals surface area contributed by atoms with E-state index in [9.17, 15) is 5.11 Å². The maximum atomic E-state index is 11.3. The smallest absolute Gasteiger partial charge is 0.102 e. The van der Waals surface area contributed by atoms with E-state index in [-0.39, 0.29) is 17.1 Å². The lowest BCUT2D eigenvalue weighted by atomic mass is 9.75. The fourth-order valence-corrected chi connectivity index (χ4v) is 5.00. The van der Waals surface area contributed by atoms with Crippen molar-refractivity contribution in [3.05, 3.63) is 35.2 Å². The highest BCUT2D eigenvalue weighted by molar-refractivity contribution is 7.19. The molecule has 21 heavy (non-hydrogen) atoms. The first-order valence-electron chi connectivity index (χ1n) is 7.53. The van der Waals surface area contributed by atoms with Crippen molar-refractivity contribution in [3.8, 4) is 0 Å². The van der Waals surface area contributed by atoms with Gasteiger partial charge in [-0.1, -0.05) is 18.2 Å². The van der Waals surface area contributed by atoms with Crippen molar-refractivity contribution >= 4 is 21.4 Å². The summed E-state index contributed by atoms with van der Waals surface area (Å²) in [6.07, 6.45) is 0.862. The summed E-state index contributed by atoms with van der Waals surface area (Å²) >= 11 is 1.69. The third-order valence-corrected chi connectivity index (χ3v) is 6.02. The van der Waals surface area contributed by atoms with Crippen LogP contribution in [0.15, 0.2) is 30.3 Å². The zero-order valence-corrected chi connectivity index (χ0v) is 14.3. The van der Waals surface area contributed by atoms with Gasteiger partial charge >= 0.3 is 0 Å². The van der Waals surface area contributed by atoms with Crippen LogP contribution in [0.5, 0.6) is 0 Å². The number of fused-ring (bicyclic) bond motifs is 1. The second kappa shape index (κ2) is 4.55. The van der Waals surface area contributed by atoms with Crippen LogP contribution in [0.25, 0.3) is 10.1 Å². The highest BCUT2D eigenvalue weighted by atomic mass is 32.1. The Morgan fingerprint density at radius 1 is 1.24 bits per heavy atom. The highest BCUT2D eigenvalue weighted by Crippen LogP contribution is 2.51. The molecule has 1 fully saturated rings. The van der Waals surface area contributed by atoms with Crippen molar-refractivity contribution in [1.82, 2.24) is 0 Å². The maximum Gasteiger partial charge on any atom is 0.102 e. The number of hydrogen-bond donors (Lipinski definition) is 1. The quantitative estimate of drug-likeness (QED) is 0.871. The molecule has 0 radical (unpaired) electrons. The van der Waals surface area contributed by atoms with Gasteiger partial charge in [-0.15, -0.1) is 11.3 Å². The Hall–Kier alpha value is -0.900. The summed E-state index contributed by atoms with van der Waals surface area (Å²) in [6.45, 7) is 10.3. The number of hydrogen-bond acceptors (Lipinski definition) is 3. The molecule has 1 N–H and O–H groups in total. The minimum Gasteiger partial charge on any atom is -0.384 e. The molecule has 1 aliphatic rings. The van der Waals surface area contributed by atoms with Crippen LogP contribution in [0.1, 0.15) is 45.9 Å². The Bertz CT molecular complexity index is 634. The van der Waals surface area contributed by atoms with Crippen molar-refractivity contribution in [2.24, 2.45) is 5.92 Å². The Morgan fingerprint density at radius 2 is 1.90 bits per heavy atom. The van der Waals surface area contributed by atoms with Gasteiger partial charge in [-0.2, -0.15) is 0 Å². The molecule has 1 aromatic carbocycles. The average molecular weight is 304 g/mol. The monoisotopic (exact) mass is 304 g/mol. The van der Waals surface area contributed by atoms with Gasteiger partial charge in [0.05, 0.1) is 11.2 Å². The van der Waals surface area contributed by atoms with Crippen LogP contribution in [-0.4, -0.2) is 16.3 Å². The van der Waals surface area contributed by atoms with Crippen molar-refractivity contribution in [2.45, 2.75) is 57.8 Å². The maximum absolute atomic E-state index is 11.3. The van der Waals surface area contributed by atoms with E-state index in [0.29, 0.717) is 0 Å². The van der Waals surface area contributed by atoms with Crippen molar-refractivity contribution in [2.75, 3.05) is 0 Å². The lowest BCUT2D eigenvalue weighted by molar-refractivity contribution is -0.109. The number of ether oxygens (including phenoxy) is 1. The van der Waals surface area contributed by atoms with E-state index in [2.05, 4.69) is 45.9 Å². The fourth-order valence-electron chi connectivity index (χ4n) is 3.84. The van der Waals surface area contributed by atoms with Crippen LogP contribution < -0.4 is 0 Å². The Labute approximate surface area is 130 Å². The van der Waals surface area contributed by atoms with Crippen LogP contribution in [0, 0.1) is 5.92 Å². The molecule has 3 rings (SSSR count). The Balaban J connectivity index is 2.03. The largest absolute Gasteiger partial charge is 0.384 e. The first kappa shape index (κ1) is 15.0. The molecule has 0 saturated carbocycles. The van der Waals surface area contributed by atoms with Gasteiger partial charge in [0, 0.05) is 15.5 Å². The lowest BCUT2D eigenvalue weighted by Gasteiger charge is -2.37. The van der Waals surface area contributed by atoms with Gasteiger partial charge in [0.1, 0.15) is 5.60 Å². The minimum atomic E-state index is -0.874. The van der Waals surface area contributed by atoms with E-state index in [4.69, 9.17) is 4.74 Å². The predicted molar refractivity (Wildman–Crippen MR) is 88.7 cm³/mol. The third-order valence-electron chi connectivity index (χ3n) is 4.68. The average Bonchev–Trinajstić information content (AvgIpc) is 2.87. The molecule has 2 nitrogen and oxygen atoms in total. The summed E-state index contributed by atoms with van der Waals surface area (Å²) in [7, 11) is 0. The molecular formula is C18H24O2S.